The van der Waals surface area contributed by atoms with Gasteiger partial charge in [-0.05, 0) is 50.8 Å². The molecule has 1 amide bonds. The number of hydrogen-bond acceptors (Lipinski definition) is 5. The van der Waals surface area contributed by atoms with Crippen LogP contribution in [0.2, 0.25) is 0 Å². The van der Waals surface area contributed by atoms with E-state index in [0.717, 1.165) is 30.6 Å². The normalized spacial score (nSPS) is 17.9. The maximum atomic E-state index is 13.0. The highest BCUT2D eigenvalue weighted by atomic mass is 16.2. The lowest BCUT2D eigenvalue weighted by Gasteiger charge is -2.34. The van der Waals surface area contributed by atoms with E-state index in [1.165, 1.54) is 16.7 Å². The molecule has 1 aliphatic heterocycles. The van der Waals surface area contributed by atoms with Gasteiger partial charge in [0.25, 0.3) is 0 Å². The third kappa shape index (κ3) is 4.21. The lowest BCUT2D eigenvalue weighted by Crippen LogP contribution is -2.43. The first kappa shape index (κ1) is 19.3. The SMILES string of the molecule is Cc1ccc(C(C)NC(=O)C2CCCN(c3cnc4nccnc4c3)C2)c(C)c1. The molecule has 1 N–H and O–H groups in total. The van der Waals surface area contributed by atoms with E-state index in [1.54, 1.807) is 12.4 Å². The summed E-state index contributed by atoms with van der Waals surface area (Å²) in [4.78, 5) is 28.2. The van der Waals surface area contributed by atoms with Gasteiger partial charge < -0.3 is 10.2 Å². The summed E-state index contributed by atoms with van der Waals surface area (Å²) in [5, 5.41) is 3.22. The summed E-state index contributed by atoms with van der Waals surface area (Å²) < 4.78 is 0. The van der Waals surface area contributed by atoms with Crippen molar-refractivity contribution >= 4 is 22.8 Å². The number of hydrogen-bond donors (Lipinski definition) is 1. The number of nitrogens with zero attached hydrogens (tertiary/aromatic N) is 4. The minimum Gasteiger partial charge on any atom is -0.369 e. The first-order valence-electron chi connectivity index (χ1n) is 10.2. The zero-order chi connectivity index (χ0) is 20.4. The molecule has 3 heterocycles. The number of nitrogens with one attached hydrogen (secondary N) is 1. The number of carbonyl (C=O) groups excluding carboxylic acids is 1. The molecule has 1 fully saturated rings. The first-order valence-corrected chi connectivity index (χ1v) is 10.2. The molecule has 1 saturated heterocycles. The fraction of sp³-hybridized carbons (Fsp3) is 0.391. The summed E-state index contributed by atoms with van der Waals surface area (Å²) in [5.41, 5.74) is 6.05. The summed E-state index contributed by atoms with van der Waals surface area (Å²) in [6.07, 6.45) is 7.04. The Bertz CT molecular complexity index is 1030. The number of piperidine rings is 1. The minimum atomic E-state index is -0.0329. The van der Waals surface area contributed by atoms with Crippen LogP contribution < -0.4 is 10.2 Å². The van der Waals surface area contributed by atoms with Crippen LogP contribution in [0, 0.1) is 19.8 Å². The van der Waals surface area contributed by atoms with E-state index >= 15 is 0 Å². The van der Waals surface area contributed by atoms with Crippen LogP contribution in [0.4, 0.5) is 5.69 Å². The van der Waals surface area contributed by atoms with Crippen LogP contribution in [0.1, 0.15) is 42.5 Å². The second kappa shape index (κ2) is 8.15. The van der Waals surface area contributed by atoms with Crippen molar-refractivity contribution in [1.29, 1.82) is 0 Å². The van der Waals surface area contributed by atoms with E-state index in [2.05, 4.69) is 64.1 Å². The van der Waals surface area contributed by atoms with Crippen molar-refractivity contribution < 1.29 is 4.79 Å². The average Bonchev–Trinajstić information content (AvgIpc) is 2.73. The predicted octanol–water partition coefficient (Wildman–Crippen LogP) is 3.74. The van der Waals surface area contributed by atoms with E-state index in [1.807, 2.05) is 12.3 Å². The van der Waals surface area contributed by atoms with Crippen molar-refractivity contribution in [2.24, 2.45) is 5.92 Å². The summed E-state index contributed by atoms with van der Waals surface area (Å²) in [6, 6.07) is 8.38. The topological polar surface area (TPSA) is 71.0 Å². The van der Waals surface area contributed by atoms with Gasteiger partial charge in [-0.3, -0.25) is 9.78 Å². The predicted molar refractivity (Wildman–Crippen MR) is 115 cm³/mol. The standard InChI is InChI=1S/C23H27N5O/c1-15-6-7-20(16(2)11-15)17(3)27-23(29)18-5-4-10-28(14-18)19-12-21-22(26-13-19)25-9-8-24-21/h6-9,11-13,17-18H,4-5,10,14H2,1-3H3,(H,27,29). The Labute approximate surface area is 171 Å². The summed E-state index contributed by atoms with van der Waals surface area (Å²) >= 11 is 0. The van der Waals surface area contributed by atoms with E-state index < -0.39 is 0 Å². The van der Waals surface area contributed by atoms with E-state index in [9.17, 15) is 4.79 Å². The van der Waals surface area contributed by atoms with E-state index in [0.29, 0.717) is 12.2 Å². The molecule has 0 bridgehead atoms. The van der Waals surface area contributed by atoms with Gasteiger partial charge in [-0.25, -0.2) is 9.97 Å². The highest BCUT2D eigenvalue weighted by molar-refractivity contribution is 5.80. The Balaban J connectivity index is 1.45. The van der Waals surface area contributed by atoms with Gasteiger partial charge in [0, 0.05) is 25.5 Å². The molecule has 2 atom stereocenters. The maximum absolute atomic E-state index is 13.0. The number of aryl methyl sites for hydroxylation is 2. The lowest BCUT2D eigenvalue weighted by molar-refractivity contribution is -0.125. The van der Waals surface area contributed by atoms with Gasteiger partial charge in [-0.1, -0.05) is 23.8 Å². The molecule has 150 valence electrons. The van der Waals surface area contributed by atoms with Crippen molar-refractivity contribution in [2.75, 3.05) is 18.0 Å². The second-order valence-electron chi connectivity index (χ2n) is 7.97. The highest BCUT2D eigenvalue weighted by Crippen LogP contribution is 2.26. The van der Waals surface area contributed by atoms with Gasteiger partial charge in [-0.2, -0.15) is 0 Å². The average molecular weight is 390 g/mol. The van der Waals surface area contributed by atoms with Gasteiger partial charge in [0.2, 0.25) is 5.91 Å². The molecular formula is C23H27N5O. The minimum absolute atomic E-state index is 0.00362. The van der Waals surface area contributed by atoms with Crippen molar-refractivity contribution in [1.82, 2.24) is 20.3 Å². The molecule has 0 spiro atoms. The molecule has 6 heteroatoms. The molecule has 4 rings (SSSR count). The zero-order valence-corrected chi connectivity index (χ0v) is 17.2. The van der Waals surface area contributed by atoms with Crippen LogP contribution in [-0.4, -0.2) is 33.9 Å². The number of rotatable bonds is 4. The number of aromatic nitrogens is 3. The Morgan fingerprint density at radius 3 is 2.83 bits per heavy atom. The molecule has 3 aromatic rings. The largest absolute Gasteiger partial charge is 0.369 e. The van der Waals surface area contributed by atoms with Crippen LogP contribution in [0.15, 0.2) is 42.9 Å². The lowest BCUT2D eigenvalue weighted by atomic mass is 9.95. The number of carbonyl (C=O) groups is 1. The Hall–Kier alpha value is -3.02. The maximum Gasteiger partial charge on any atom is 0.225 e. The summed E-state index contributed by atoms with van der Waals surface area (Å²) in [6.45, 7) is 7.86. The smallest absolute Gasteiger partial charge is 0.225 e. The molecule has 1 aliphatic rings. The molecule has 0 radical (unpaired) electrons. The molecule has 2 aromatic heterocycles. The summed E-state index contributed by atoms with van der Waals surface area (Å²) in [7, 11) is 0. The number of anilines is 1. The molecule has 29 heavy (non-hydrogen) atoms. The number of fused-ring (bicyclic) bond motifs is 1. The summed E-state index contributed by atoms with van der Waals surface area (Å²) in [5.74, 6) is 0.0882. The molecule has 6 nitrogen and oxygen atoms in total. The van der Waals surface area contributed by atoms with Crippen molar-refractivity contribution in [2.45, 2.75) is 39.7 Å². The number of amides is 1. The van der Waals surface area contributed by atoms with Gasteiger partial charge in [0.1, 0.15) is 5.52 Å². The zero-order valence-electron chi connectivity index (χ0n) is 17.2. The fourth-order valence-corrected chi connectivity index (χ4v) is 4.17. The van der Waals surface area contributed by atoms with Crippen LogP contribution >= 0.6 is 0 Å². The highest BCUT2D eigenvalue weighted by Gasteiger charge is 2.27. The third-order valence-corrected chi connectivity index (χ3v) is 5.72. The van der Waals surface area contributed by atoms with Crippen LogP contribution in [0.3, 0.4) is 0 Å². The third-order valence-electron chi connectivity index (χ3n) is 5.72. The molecule has 2 unspecified atom stereocenters. The monoisotopic (exact) mass is 389 g/mol. The van der Waals surface area contributed by atoms with Gasteiger partial charge in [0.15, 0.2) is 5.65 Å². The van der Waals surface area contributed by atoms with Gasteiger partial charge in [0.05, 0.1) is 23.8 Å². The molecular weight excluding hydrogens is 362 g/mol. The van der Waals surface area contributed by atoms with E-state index in [4.69, 9.17) is 0 Å². The molecule has 0 saturated carbocycles. The van der Waals surface area contributed by atoms with Crippen molar-refractivity contribution in [3.05, 3.63) is 59.5 Å². The molecule has 1 aromatic carbocycles. The first-order chi connectivity index (χ1) is 14.0. The van der Waals surface area contributed by atoms with Crippen molar-refractivity contribution in [3.8, 4) is 0 Å². The number of pyridine rings is 1. The molecule has 0 aliphatic carbocycles. The number of benzene rings is 1. The van der Waals surface area contributed by atoms with Crippen LogP contribution in [-0.2, 0) is 4.79 Å². The Morgan fingerprint density at radius 2 is 2.00 bits per heavy atom. The van der Waals surface area contributed by atoms with Crippen LogP contribution in [0.5, 0.6) is 0 Å². The van der Waals surface area contributed by atoms with Gasteiger partial charge >= 0.3 is 0 Å². The van der Waals surface area contributed by atoms with Gasteiger partial charge in [-0.15, -0.1) is 0 Å². The van der Waals surface area contributed by atoms with Crippen LogP contribution in [0.25, 0.3) is 11.2 Å². The van der Waals surface area contributed by atoms with Crippen molar-refractivity contribution in [3.63, 3.8) is 0 Å². The van der Waals surface area contributed by atoms with E-state index in [-0.39, 0.29) is 17.9 Å². The Morgan fingerprint density at radius 1 is 1.17 bits per heavy atom. The Kier molecular flexibility index (Phi) is 5.43. The second-order valence-corrected chi connectivity index (χ2v) is 7.97. The fourth-order valence-electron chi connectivity index (χ4n) is 4.17. The quantitative estimate of drug-likeness (QED) is 0.736.